The van der Waals surface area contributed by atoms with Crippen molar-refractivity contribution < 1.29 is 14.3 Å². The van der Waals surface area contributed by atoms with Crippen molar-refractivity contribution in [1.29, 1.82) is 0 Å². The van der Waals surface area contributed by atoms with Crippen LogP contribution in [0.5, 0.6) is 5.75 Å². The average molecular weight is 402 g/mol. The van der Waals surface area contributed by atoms with Crippen LogP contribution in [0.25, 0.3) is 0 Å². The molecule has 3 heterocycles. The quantitative estimate of drug-likeness (QED) is 0.464. The highest BCUT2D eigenvalue weighted by atomic mass is 19.1. The number of hydrogen-bond acceptors (Lipinski definition) is 7. The molecule has 1 aliphatic heterocycles. The van der Waals surface area contributed by atoms with Crippen molar-refractivity contribution >= 4 is 11.5 Å². The van der Waals surface area contributed by atoms with Crippen molar-refractivity contribution in [3.05, 3.63) is 53.2 Å². The summed E-state index contributed by atoms with van der Waals surface area (Å²) in [4.78, 5) is 31.2. The molecule has 1 saturated carbocycles. The van der Waals surface area contributed by atoms with E-state index < -0.39 is 5.95 Å². The largest absolute Gasteiger partial charge is 0.506 e. The second-order valence-corrected chi connectivity index (χ2v) is 6.87. The number of hydrogen-bond donors (Lipinski definition) is 1. The van der Waals surface area contributed by atoms with Gasteiger partial charge in [0.1, 0.15) is 11.4 Å². The Morgan fingerprint density at radius 1 is 1.21 bits per heavy atom. The number of fused-ring (bicyclic) bond motifs is 1. The molecule has 4 rings (SSSR count). The summed E-state index contributed by atoms with van der Waals surface area (Å²) in [6.07, 6.45) is 6.59. The number of aromatic hydroxyl groups is 1. The van der Waals surface area contributed by atoms with Crippen molar-refractivity contribution in [3.8, 4) is 5.75 Å². The Morgan fingerprint density at radius 2 is 1.90 bits per heavy atom. The molecule has 2 aromatic rings. The number of nitrogens with zero attached hydrogens (tertiary/aromatic N) is 4. The van der Waals surface area contributed by atoms with E-state index in [1.807, 2.05) is 13.8 Å². The summed E-state index contributed by atoms with van der Waals surface area (Å²) in [6.45, 7) is 6.59. The maximum Gasteiger partial charge on any atom is 0.242 e. The molecule has 0 amide bonds. The minimum atomic E-state index is -0.826. The van der Waals surface area contributed by atoms with Gasteiger partial charge in [0, 0.05) is 19.3 Å². The number of halogens is 1. The molecule has 0 radical (unpaired) electrons. The van der Waals surface area contributed by atoms with Crippen LogP contribution in [-0.4, -0.2) is 45.4 Å². The van der Waals surface area contributed by atoms with Gasteiger partial charge in [-0.05, 0) is 54.1 Å². The first-order valence-electron chi connectivity index (χ1n) is 9.91. The Bertz CT molecular complexity index is 789. The van der Waals surface area contributed by atoms with E-state index in [-0.39, 0.29) is 17.2 Å². The van der Waals surface area contributed by atoms with Gasteiger partial charge >= 0.3 is 0 Å². The number of Topliss-reactive ketones (excluding diaryl/α,β-unsaturated/α-hetero) is 1. The normalized spacial score (nSPS) is 20.0. The second-order valence-electron chi connectivity index (χ2n) is 6.87. The molecule has 1 saturated heterocycles. The molecule has 2 aromatic heterocycles. The van der Waals surface area contributed by atoms with Gasteiger partial charge in [-0.15, -0.1) is 4.91 Å². The van der Waals surface area contributed by atoms with Crippen LogP contribution < -0.4 is 0 Å². The molecular formula is C21H27FN4O3. The van der Waals surface area contributed by atoms with Crippen molar-refractivity contribution in [2.75, 3.05) is 19.6 Å². The third-order valence-electron chi connectivity index (χ3n) is 5.04. The second kappa shape index (κ2) is 11.3. The molecule has 0 bridgehead atoms. The fraction of sp³-hybridized carbons (Fsp3) is 0.476. The number of carbonyl (C=O) groups excluding carboxylic acids is 1. The molecule has 2 fully saturated rings. The monoisotopic (exact) mass is 402 g/mol. The van der Waals surface area contributed by atoms with Crippen LogP contribution in [0.2, 0.25) is 0 Å². The van der Waals surface area contributed by atoms with Crippen LogP contribution in [0.3, 0.4) is 0 Å². The summed E-state index contributed by atoms with van der Waals surface area (Å²) >= 11 is 0. The van der Waals surface area contributed by atoms with Crippen LogP contribution in [0.1, 0.15) is 43.6 Å². The highest BCUT2D eigenvalue weighted by Crippen LogP contribution is 2.37. The highest BCUT2D eigenvalue weighted by molar-refractivity contribution is 5.95. The Hall–Kier alpha value is -2.74. The summed E-state index contributed by atoms with van der Waals surface area (Å²) in [5.74, 6) is 0.945. The number of nitroso groups, excluding NO2 is 1. The summed E-state index contributed by atoms with van der Waals surface area (Å²) in [7, 11) is 0. The molecule has 156 valence electrons. The van der Waals surface area contributed by atoms with Crippen molar-refractivity contribution in [1.82, 2.24) is 14.9 Å². The zero-order valence-electron chi connectivity index (χ0n) is 16.8. The molecule has 2 atom stereocenters. The predicted octanol–water partition coefficient (Wildman–Crippen LogP) is 4.35. The molecule has 8 heteroatoms. The predicted molar refractivity (Wildman–Crippen MR) is 109 cm³/mol. The lowest BCUT2D eigenvalue weighted by Crippen LogP contribution is -2.29. The van der Waals surface area contributed by atoms with Gasteiger partial charge in [0.05, 0.1) is 12.7 Å². The zero-order chi connectivity index (χ0) is 21.2. The summed E-state index contributed by atoms with van der Waals surface area (Å²) in [5, 5.41) is 11.5. The molecule has 2 aliphatic rings. The molecular weight excluding hydrogens is 375 g/mol. The summed E-state index contributed by atoms with van der Waals surface area (Å²) < 4.78 is 12.2. The van der Waals surface area contributed by atoms with E-state index in [1.165, 1.54) is 49.9 Å². The van der Waals surface area contributed by atoms with Gasteiger partial charge in [0.2, 0.25) is 5.95 Å². The SMILES string of the molecule is CC.O=C(CN1C[C@H]2CCC[C@H]2C1)c1ccc(O)cn1.O=Nc1cccnc1F. The topological polar surface area (TPSA) is 95.8 Å². The van der Waals surface area contributed by atoms with Gasteiger partial charge in [-0.1, -0.05) is 20.3 Å². The van der Waals surface area contributed by atoms with Gasteiger partial charge in [-0.25, -0.2) is 9.97 Å². The van der Waals surface area contributed by atoms with Crippen LogP contribution in [0.15, 0.2) is 41.8 Å². The Labute approximate surface area is 170 Å². The van der Waals surface area contributed by atoms with Crippen LogP contribution in [-0.2, 0) is 0 Å². The van der Waals surface area contributed by atoms with E-state index in [4.69, 9.17) is 5.11 Å². The maximum atomic E-state index is 12.2. The van der Waals surface area contributed by atoms with Gasteiger partial charge in [-0.3, -0.25) is 9.69 Å². The van der Waals surface area contributed by atoms with Gasteiger partial charge in [0.15, 0.2) is 11.5 Å². The third-order valence-corrected chi connectivity index (χ3v) is 5.04. The summed E-state index contributed by atoms with van der Waals surface area (Å²) in [5.41, 5.74) is 0.197. The third kappa shape index (κ3) is 6.39. The maximum absolute atomic E-state index is 12.2. The van der Waals surface area contributed by atoms with E-state index in [1.54, 1.807) is 6.07 Å². The number of pyridine rings is 2. The number of ketones is 1. The molecule has 29 heavy (non-hydrogen) atoms. The minimum absolute atomic E-state index is 0.0509. The zero-order valence-corrected chi connectivity index (χ0v) is 16.8. The van der Waals surface area contributed by atoms with E-state index in [2.05, 4.69) is 20.0 Å². The van der Waals surface area contributed by atoms with Gasteiger partial charge in [0.25, 0.3) is 0 Å². The Morgan fingerprint density at radius 3 is 2.41 bits per heavy atom. The first-order valence-corrected chi connectivity index (χ1v) is 9.91. The fourth-order valence-electron chi connectivity index (χ4n) is 3.74. The smallest absolute Gasteiger partial charge is 0.242 e. The lowest BCUT2D eigenvalue weighted by molar-refractivity contribution is 0.0936. The molecule has 1 aliphatic carbocycles. The van der Waals surface area contributed by atoms with Crippen LogP contribution in [0.4, 0.5) is 10.1 Å². The first-order chi connectivity index (χ1) is 14.1. The number of aromatic nitrogens is 2. The average Bonchev–Trinajstić information content (AvgIpc) is 3.32. The van der Waals surface area contributed by atoms with Gasteiger partial charge in [-0.2, -0.15) is 4.39 Å². The summed E-state index contributed by atoms with van der Waals surface area (Å²) in [6, 6.07) is 5.81. The van der Waals surface area contributed by atoms with E-state index in [0.29, 0.717) is 12.2 Å². The fourth-order valence-corrected chi connectivity index (χ4v) is 3.74. The molecule has 1 N–H and O–H groups in total. The van der Waals surface area contributed by atoms with Crippen LogP contribution >= 0.6 is 0 Å². The van der Waals surface area contributed by atoms with E-state index in [9.17, 15) is 14.1 Å². The number of likely N-dealkylation sites (tertiary alicyclic amines) is 1. The molecule has 0 aromatic carbocycles. The molecule has 0 unspecified atom stereocenters. The number of carbonyl (C=O) groups is 1. The lowest BCUT2D eigenvalue weighted by Gasteiger charge is -2.15. The standard InChI is InChI=1S/C14H18N2O2.C5H3FN2O.C2H6/c17-12-4-5-13(15-6-12)14(18)9-16-7-10-2-1-3-11(10)8-16;6-5-4(8-9)2-1-3-7-5;1-2/h4-6,10-11,17H,1-3,7-9H2;1-3H;1-2H3/t10-,11+;;. The van der Waals surface area contributed by atoms with Crippen molar-refractivity contribution in [2.45, 2.75) is 33.1 Å². The van der Waals surface area contributed by atoms with Crippen LogP contribution in [0, 0.1) is 22.7 Å². The highest BCUT2D eigenvalue weighted by Gasteiger charge is 2.36. The number of rotatable bonds is 4. The Balaban J connectivity index is 0.000000231. The van der Waals surface area contributed by atoms with E-state index >= 15 is 0 Å². The van der Waals surface area contributed by atoms with Gasteiger partial charge < -0.3 is 5.11 Å². The van der Waals surface area contributed by atoms with E-state index in [0.717, 1.165) is 24.9 Å². The van der Waals surface area contributed by atoms with Crippen molar-refractivity contribution in [2.24, 2.45) is 17.0 Å². The minimum Gasteiger partial charge on any atom is -0.506 e. The lowest BCUT2D eigenvalue weighted by atomic mass is 10.0. The van der Waals surface area contributed by atoms with Crippen molar-refractivity contribution in [3.63, 3.8) is 0 Å². The molecule has 0 spiro atoms. The molecule has 7 nitrogen and oxygen atoms in total. The first kappa shape index (κ1) is 22.5. The Kier molecular flexibility index (Phi) is 8.79.